The second-order valence-electron chi connectivity index (χ2n) is 3.64. The zero-order chi connectivity index (χ0) is 12.3. The van der Waals surface area contributed by atoms with Gasteiger partial charge in [-0.2, -0.15) is 8.42 Å². The molecule has 0 saturated carbocycles. The molecule has 90 valence electrons. The number of hydrogen-bond donors (Lipinski definition) is 2. The van der Waals surface area contributed by atoms with E-state index in [0.717, 1.165) is 5.56 Å². The van der Waals surface area contributed by atoms with Crippen molar-refractivity contribution in [3.05, 3.63) is 23.8 Å². The molecule has 0 saturated heterocycles. The first kappa shape index (κ1) is 13.0. The minimum Gasteiger partial charge on any atom is -0.495 e. The highest BCUT2D eigenvalue weighted by atomic mass is 32.2. The second kappa shape index (κ2) is 4.82. The molecule has 0 aliphatic heterocycles. The fraction of sp³-hybridized carbons (Fsp3) is 0.400. The van der Waals surface area contributed by atoms with E-state index < -0.39 is 10.1 Å². The molecule has 3 N–H and O–H groups in total. The van der Waals surface area contributed by atoms with Crippen LogP contribution in [0.15, 0.2) is 23.1 Å². The average Bonchev–Trinajstić information content (AvgIpc) is 2.15. The predicted octanol–water partition coefficient (Wildman–Crippen LogP) is 0.832. The van der Waals surface area contributed by atoms with Crippen LogP contribution in [-0.2, 0) is 16.5 Å². The van der Waals surface area contributed by atoms with Crippen LogP contribution >= 0.6 is 0 Å². The minimum absolute atomic E-state index is 0.0809. The van der Waals surface area contributed by atoms with Gasteiger partial charge in [0.25, 0.3) is 10.1 Å². The molecule has 0 fully saturated rings. The van der Waals surface area contributed by atoms with Gasteiger partial charge in [0, 0.05) is 6.04 Å². The van der Waals surface area contributed by atoms with Crippen LogP contribution in [0.4, 0.5) is 0 Å². The molecule has 0 bridgehead atoms. The number of rotatable bonds is 4. The Bertz CT molecular complexity index is 468. The zero-order valence-corrected chi connectivity index (χ0v) is 9.99. The summed E-state index contributed by atoms with van der Waals surface area (Å²) in [7, 11) is -2.93. The van der Waals surface area contributed by atoms with Gasteiger partial charge in [0.05, 0.1) is 7.11 Å². The van der Waals surface area contributed by atoms with Crippen LogP contribution in [0.25, 0.3) is 0 Å². The van der Waals surface area contributed by atoms with Gasteiger partial charge >= 0.3 is 0 Å². The summed E-state index contributed by atoms with van der Waals surface area (Å²) in [5.74, 6) is 0.121. The molecule has 5 nitrogen and oxygen atoms in total. The molecule has 6 heteroatoms. The molecule has 0 amide bonds. The van der Waals surface area contributed by atoms with Crippen molar-refractivity contribution in [1.29, 1.82) is 0 Å². The van der Waals surface area contributed by atoms with Gasteiger partial charge in [-0.1, -0.05) is 6.07 Å². The van der Waals surface area contributed by atoms with E-state index in [2.05, 4.69) is 0 Å². The summed E-state index contributed by atoms with van der Waals surface area (Å²) in [6.45, 7) is 1.82. The maximum atomic E-state index is 11.1. The highest BCUT2D eigenvalue weighted by Crippen LogP contribution is 2.24. The Kier molecular flexibility index (Phi) is 3.90. The Hall–Kier alpha value is -1.11. The van der Waals surface area contributed by atoms with Crippen LogP contribution in [-0.4, -0.2) is 26.1 Å². The topological polar surface area (TPSA) is 89.6 Å². The fourth-order valence-corrected chi connectivity index (χ4v) is 2.13. The van der Waals surface area contributed by atoms with E-state index in [1.165, 1.54) is 19.2 Å². The smallest absolute Gasteiger partial charge is 0.298 e. The Morgan fingerprint density at radius 2 is 2.12 bits per heavy atom. The Morgan fingerprint density at radius 1 is 1.50 bits per heavy atom. The maximum Gasteiger partial charge on any atom is 0.298 e. The third-order valence-corrected chi connectivity index (χ3v) is 2.94. The van der Waals surface area contributed by atoms with Crippen molar-refractivity contribution in [3.63, 3.8) is 0 Å². The fourth-order valence-electron chi connectivity index (χ4n) is 1.42. The van der Waals surface area contributed by atoms with E-state index in [0.29, 0.717) is 6.42 Å². The van der Waals surface area contributed by atoms with Crippen molar-refractivity contribution in [2.75, 3.05) is 7.11 Å². The van der Waals surface area contributed by atoms with Gasteiger partial charge in [-0.25, -0.2) is 0 Å². The number of ether oxygens (including phenoxy) is 1. The molecule has 16 heavy (non-hydrogen) atoms. The van der Waals surface area contributed by atoms with Crippen LogP contribution in [0.5, 0.6) is 5.75 Å². The quantitative estimate of drug-likeness (QED) is 0.767. The monoisotopic (exact) mass is 245 g/mol. The molecule has 0 aliphatic carbocycles. The van der Waals surface area contributed by atoms with Gasteiger partial charge in [-0.15, -0.1) is 0 Å². The highest BCUT2D eigenvalue weighted by molar-refractivity contribution is 7.86. The van der Waals surface area contributed by atoms with Gasteiger partial charge in [-0.3, -0.25) is 4.55 Å². The van der Waals surface area contributed by atoms with Crippen LogP contribution in [0, 0.1) is 0 Å². The zero-order valence-electron chi connectivity index (χ0n) is 9.17. The number of benzene rings is 1. The molecule has 0 unspecified atom stereocenters. The molecule has 0 heterocycles. The number of nitrogens with two attached hydrogens (primary N) is 1. The molecule has 1 aromatic rings. The molecular weight excluding hydrogens is 230 g/mol. The lowest BCUT2D eigenvalue weighted by molar-refractivity contribution is 0.397. The van der Waals surface area contributed by atoms with Crippen molar-refractivity contribution in [2.24, 2.45) is 5.73 Å². The lowest BCUT2D eigenvalue weighted by Gasteiger charge is -2.10. The molecule has 0 aliphatic rings. The standard InChI is InChI=1S/C10H15NO4S/c1-7(11)5-8-3-4-9(15-2)10(6-8)16(12,13)14/h3-4,6-7H,5,11H2,1-2H3,(H,12,13,14)/t7-/m1/s1. The van der Waals surface area contributed by atoms with Crippen LogP contribution in [0.2, 0.25) is 0 Å². The van der Waals surface area contributed by atoms with Crippen molar-refractivity contribution >= 4 is 10.1 Å². The summed E-state index contributed by atoms with van der Waals surface area (Å²) in [4.78, 5) is -0.229. The Morgan fingerprint density at radius 3 is 2.56 bits per heavy atom. The van der Waals surface area contributed by atoms with Crippen LogP contribution < -0.4 is 10.5 Å². The summed E-state index contributed by atoms with van der Waals surface area (Å²) in [6.07, 6.45) is 0.534. The Labute approximate surface area is 95.0 Å². The maximum absolute atomic E-state index is 11.1. The van der Waals surface area contributed by atoms with Gasteiger partial charge in [0.15, 0.2) is 0 Å². The van der Waals surface area contributed by atoms with Gasteiger partial charge in [0.2, 0.25) is 0 Å². The summed E-state index contributed by atoms with van der Waals surface area (Å²) in [5, 5.41) is 0. The lowest BCUT2D eigenvalue weighted by atomic mass is 10.1. The molecular formula is C10H15NO4S. The summed E-state index contributed by atoms with van der Waals surface area (Å²) < 4.78 is 36.1. The number of methoxy groups -OCH3 is 1. The lowest BCUT2D eigenvalue weighted by Crippen LogP contribution is -2.18. The minimum atomic E-state index is -4.27. The normalized spacial score (nSPS) is 13.5. The third kappa shape index (κ3) is 3.19. The Balaban J connectivity index is 3.22. The van der Waals surface area contributed by atoms with E-state index in [1.807, 2.05) is 6.92 Å². The SMILES string of the molecule is COc1ccc(C[C@@H](C)N)cc1S(=O)(=O)O. The summed E-state index contributed by atoms with van der Waals surface area (Å²) >= 11 is 0. The molecule has 1 atom stereocenters. The first-order chi connectivity index (χ1) is 7.34. The highest BCUT2D eigenvalue weighted by Gasteiger charge is 2.17. The van der Waals surface area contributed by atoms with E-state index in [1.54, 1.807) is 6.07 Å². The number of hydrogen-bond acceptors (Lipinski definition) is 4. The molecule has 0 aromatic heterocycles. The third-order valence-electron chi connectivity index (χ3n) is 2.06. The van der Waals surface area contributed by atoms with Crippen molar-refractivity contribution < 1.29 is 17.7 Å². The van der Waals surface area contributed by atoms with Gasteiger partial charge in [0.1, 0.15) is 10.6 Å². The second-order valence-corrected chi connectivity index (χ2v) is 5.03. The van der Waals surface area contributed by atoms with Crippen molar-refractivity contribution in [1.82, 2.24) is 0 Å². The average molecular weight is 245 g/mol. The van der Waals surface area contributed by atoms with Crippen LogP contribution in [0.1, 0.15) is 12.5 Å². The van der Waals surface area contributed by atoms with Gasteiger partial charge < -0.3 is 10.5 Å². The first-order valence-electron chi connectivity index (χ1n) is 4.74. The molecule has 0 spiro atoms. The van der Waals surface area contributed by atoms with Gasteiger partial charge in [-0.05, 0) is 31.0 Å². The summed E-state index contributed by atoms with van der Waals surface area (Å²) in [5.41, 5.74) is 6.35. The molecule has 0 radical (unpaired) electrons. The van der Waals surface area contributed by atoms with E-state index in [4.69, 9.17) is 15.0 Å². The van der Waals surface area contributed by atoms with Crippen molar-refractivity contribution in [3.8, 4) is 5.75 Å². The first-order valence-corrected chi connectivity index (χ1v) is 6.18. The largest absolute Gasteiger partial charge is 0.495 e. The van der Waals surface area contributed by atoms with Crippen molar-refractivity contribution in [2.45, 2.75) is 24.3 Å². The van der Waals surface area contributed by atoms with E-state index in [9.17, 15) is 8.42 Å². The summed E-state index contributed by atoms with van der Waals surface area (Å²) in [6, 6.07) is 4.51. The van der Waals surface area contributed by atoms with Crippen LogP contribution in [0.3, 0.4) is 0 Å². The van der Waals surface area contributed by atoms with E-state index >= 15 is 0 Å². The molecule has 1 aromatic carbocycles. The molecule has 1 rings (SSSR count). The predicted molar refractivity (Wildman–Crippen MR) is 60.2 cm³/mol. The van der Waals surface area contributed by atoms with E-state index in [-0.39, 0.29) is 16.7 Å².